The van der Waals surface area contributed by atoms with Crippen molar-refractivity contribution in [3.8, 4) is 23.0 Å². The maximum Gasteiger partial charge on any atom is 0.258 e. The molecule has 3 rings (SSSR count). The van der Waals surface area contributed by atoms with E-state index in [1.807, 2.05) is 24.0 Å². The van der Waals surface area contributed by atoms with Gasteiger partial charge in [-0.05, 0) is 48.7 Å². The lowest BCUT2D eigenvalue weighted by Gasteiger charge is -2.36. The molecule has 2 aromatic carbocycles. The molecule has 27 heavy (non-hydrogen) atoms. The van der Waals surface area contributed by atoms with Crippen LogP contribution in [0.5, 0.6) is 23.0 Å². The molecule has 1 amide bonds. The summed E-state index contributed by atoms with van der Waals surface area (Å²) in [4.78, 5) is 15.1. The summed E-state index contributed by atoms with van der Waals surface area (Å²) in [6.07, 6.45) is 0.754. The van der Waals surface area contributed by atoms with E-state index in [2.05, 4.69) is 0 Å². The lowest BCUT2D eigenvalue weighted by atomic mass is 9.92. The highest BCUT2D eigenvalue weighted by atomic mass is 16.5. The second-order valence-corrected chi connectivity index (χ2v) is 6.40. The molecule has 2 aromatic rings. The first-order valence-electron chi connectivity index (χ1n) is 8.81. The third kappa shape index (κ3) is 3.39. The Morgan fingerprint density at radius 2 is 1.59 bits per heavy atom. The fourth-order valence-electron chi connectivity index (χ4n) is 3.55. The summed E-state index contributed by atoms with van der Waals surface area (Å²) in [5.74, 6) is 2.46. The molecule has 6 nitrogen and oxygen atoms in total. The summed E-state index contributed by atoms with van der Waals surface area (Å²) in [6, 6.07) is 9.12. The lowest BCUT2D eigenvalue weighted by Crippen LogP contribution is -2.39. The number of carbonyl (C=O) groups is 1. The Morgan fingerprint density at radius 3 is 2.22 bits per heavy atom. The average Bonchev–Trinajstić information content (AvgIpc) is 2.72. The summed E-state index contributed by atoms with van der Waals surface area (Å²) in [7, 11) is 6.38. The van der Waals surface area contributed by atoms with Crippen molar-refractivity contribution < 1.29 is 23.7 Å². The van der Waals surface area contributed by atoms with E-state index in [4.69, 9.17) is 18.9 Å². The molecule has 0 fully saturated rings. The summed E-state index contributed by atoms with van der Waals surface area (Å²) >= 11 is 0. The predicted molar refractivity (Wildman–Crippen MR) is 102 cm³/mol. The first kappa shape index (κ1) is 18.9. The third-order valence-corrected chi connectivity index (χ3v) is 5.08. The summed E-state index contributed by atoms with van der Waals surface area (Å²) in [5, 5.41) is 0. The standard InChI is InChI=1S/C21H25NO5/c1-13-17-12-20(27-5)19(26-4)10-14(17)8-9-22(13)21(23)16-7-6-15(24-2)11-18(16)25-3/h6-7,10-13H,8-9H2,1-5H3. The van der Waals surface area contributed by atoms with Crippen LogP contribution < -0.4 is 18.9 Å². The minimum absolute atomic E-state index is 0.0672. The number of methoxy groups -OCH3 is 4. The highest BCUT2D eigenvalue weighted by Gasteiger charge is 2.31. The van der Waals surface area contributed by atoms with Gasteiger partial charge in [0.2, 0.25) is 0 Å². The van der Waals surface area contributed by atoms with Crippen molar-refractivity contribution in [2.75, 3.05) is 35.0 Å². The van der Waals surface area contributed by atoms with Gasteiger partial charge in [0.1, 0.15) is 11.5 Å². The van der Waals surface area contributed by atoms with Crippen LogP contribution in [-0.2, 0) is 6.42 Å². The zero-order valence-corrected chi connectivity index (χ0v) is 16.4. The largest absolute Gasteiger partial charge is 0.497 e. The minimum Gasteiger partial charge on any atom is -0.497 e. The van der Waals surface area contributed by atoms with Gasteiger partial charge in [-0.1, -0.05) is 0 Å². The van der Waals surface area contributed by atoms with E-state index in [9.17, 15) is 4.79 Å². The van der Waals surface area contributed by atoms with E-state index >= 15 is 0 Å². The molecule has 0 bridgehead atoms. The minimum atomic E-state index is -0.0899. The van der Waals surface area contributed by atoms with Crippen molar-refractivity contribution in [2.24, 2.45) is 0 Å². The van der Waals surface area contributed by atoms with Crippen LogP contribution in [-0.4, -0.2) is 45.8 Å². The number of rotatable bonds is 5. The van der Waals surface area contributed by atoms with Gasteiger partial charge in [-0.25, -0.2) is 0 Å². The number of nitrogens with zero attached hydrogens (tertiary/aromatic N) is 1. The van der Waals surface area contributed by atoms with Crippen molar-refractivity contribution >= 4 is 5.91 Å². The van der Waals surface area contributed by atoms with Crippen molar-refractivity contribution in [3.63, 3.8) is 0 Å². The zero-order chi connectivity index (χ0) is 19.6. The van der Waals surface area contributed by atoms with Gasteiger partial charge in [0.25, 0.3) is 5.91 Å². The van der Waals surface area contributed by atoms with Crippen LogP contribution in [0.15, 0.2) is 30.3 Å². The molecule has 0 aliphatic carbocycles. The van der Waals surface area contributed by atoms with Gasteiger partial charge in [-0.15, -0.1) is 0 Å². The van der Waals surface area contributed by atoms with Crippen LogP contribution in [0.25, 0.3) is 0 Å². The smallest absolute Gasteiger partial charge is 0.258 e. The van der Waals surface area contributed by atoms with Crippen molar-refractivity contribution in [1.29, 1.82) is 0 Å². The van der Waals surface area contributed by atoms with Crippen LogP contribution in [0, 0.1) is 0 Å². The van der Waals surface area contributed by atoms with Crippen LogP contribution in [0.2, 0.25) is 0 Å². The van der Waals surface area contributed by atoms with Crippen molar-refractivity contribution in [1.82, 2.24) is 4.90 Å². The van der Waals surface area contributed by atoms with Crippen LogP contribution >= 0.6 is 0 Å². The monoisotopic (exact) mass is 371 g/mol. The molecule has 0 N–H and O–H groups in total. The molecule has 1 aliphatic heterocycles. The van der Waals surface area contributed by atoms with E-state index in [1.165, 1.54) is 5.56 Å². The Bertz CT molecular complexity index is 849. The molecule has 0 radical (unpaired) electrons. The summed E-state index contributed by atoms with van der Waals surface area (Å²) in [5.41, 5.74) is 2.76. The number of fused-ring (bicyclic) bond motifs is 1. The van der Waals surface area contributed by atoms with Gasteiger partial charge in [0.05, 0.1) is 40.0 Å². The maximum atomic E-state index is 13.2. The van der Waals surface area contributed by atoms with E-state index < -0.39 is 0 Å². The summed E-state index contributed by atoms with van der Waals surface area (Å²) in [6.45, 7) is 2.65. The Labute approximate surface area is 159 Å². The highest BCUT2D eigenvalue weighted by molar-refractivity contribution is 5.97. The van der Waals surface area contributed by atoms with E-state index in [1.54, 1.807) is 46.6 Å². The average molecular weight is 371 g/mol. The predicted octanol–water partition coefficient (Wildman–Crippen LogP) is 3.48. The summed E-state index contributed by atoms with van der Waals surface area (Å²) < 4.78 is 21.5. The number of carbonyl (C=O) groups excluding carboxylic acids is 1. The fourth-order valence-corrected chi connectivity index (χ4v) is 3.55. The van der Waals surface area contributed by atoms with Crippen molar-refractivity contribution in [2.45, 2.75) is 19.4 Å². The quantitative estimate of drug-likeness (QED) is 0.805. The second-order valence-electron chi connectivity index (χ2n) is 6.40. The molecule has 1 unspecified atom stereocenters. The van der Waals surface area contributed by atoms with Gasteiger partial charge in [0.15, 0.2) is 11.5 Å². The SMILES string of the molecule is COc1ccc(C(=O)N2CCc3cc(OC)c(OC)cc3C2C)c(OC)c1. The molecule has 0 spiro atoms. The van der Waals surface area contributed by atoms with Crippen LogP contribution in [0.4, 0.5) is 0 Å². The number of hydrogen-bond acceptors (Lipinski definition) is 5. The molecule has 1 heterocycles. The topological polar surface area (TPSA) is 57.2 Å². The molecule has 6 heteroatoms. The van der Waals surface area contributed by atoms with Gasteiger partial charge >= 0.3 is 0 Å². The molecule has 0 aromatic heterocycles. The number of ether oxygens (including phenoxy) is 4. The normalized spacial score (nSPS) is 15.7. The van der Waals surface area contributed by atoms with Crippen LogP contribution in [0.1, 0.15) is 34.5 Å². The van der Waals surface area contributed by atoms with E-state index in [0.717, 1.165) is 12.0 Å². The van der Waals surface area contributed by atoms with Crippen molar-refractivity contribution in [3.05, 3.63) is 47.0 Å². The van der Waals surface area contributed by atoms with E-state index in [-0.39, 0.29) is 11.9 Å². The lowest BCUT2D eigenvalue weighted by molar-refractivity contribution is 0.0674. The highest BCUT2D eigenvalue weighted by Crippen LogP contribution is 2.39. The second kappa shape index (κ2) is 7.78. The van der Waals surface area contributed by atoms with E-state index in [0.29, 0.717) is 35.1 Å². The zero-order valence-electron chi connectivity index (χ0n) is 16.4. The Hall–Kier alpha value is -2.89. The number of hydrogen-bond donors (Lipinski definition) is 0. The Balaban J connectivity index is 1.95. The van der Waals surface area contributed by atoms with Gasteiger partial charge < -0.3 is 23.8 Å². The van der Waals surface area contributed by atoms with Gasteiger partial charge in [-0.2, -0.15) is 0 Å². The number of amides is 1. The molecule has 1 atom stereocenters. The molecule has 0 saturated heterocycles. The Morgan fingerprint density at radius 1 is 0.926 bits per heavy atom. The first-order chi connectivity index (χ1) is 13.0. The number of benzene rings is 2. The Kier molecular flexibility index (Phi) is 5.44. The molecular weight excluding hydrogens is 346 g/mol. The van der Waals surface area contributed by atoms with Gasteiger partial charge in [0, 0.05) is 12.6 Å². The molecule has 144 valence electrons. The molecular formula is C21H25NO5. The fraction of sp³-hybridized carbons (Fsp3) is 0.381. The third-order valence-electron chi connectivity index (χ3n) is 5.08. The van der Waals surface area contributed by atoms with Gasteiger partial charge in [-0.3, -0.25) is 4.79 Å². The maximum absolute atomic E-state index is 13.2. The first-order valence-corrected chi connectivity index (χ1v) is 8.81. The van der Waals surface area contributed by atoms with Crippen LogP contribution in [0.3, 0.4) is 0 Å². The molecule has 1 aliphatic rings. The molecule has 0 saturated carbocycles.